The zero-order valence-electron chi connectivity index (χ0n) is 18.5. The minimum absolute atomic E-state index is 0. The summed E-state index contributed by atoms with van der Waals surface area (Å²) in [6.45, 7) is 8.72. The SMILES string of the molecule is CN=C(NCC(C1CCOC1)N1CCOCC1)NC(C)CCC1CCCCC1.I. The van der Waals surface area contributed by atoms with Gasteiger partial charge in [0.05, 0.1) is 19.8 Å². The molecule has 2 aliphatic heterocycles. The number of guanidine groups is 1. The molecule has 0 aromatic heterocycles. The summed E-state index contributed by atoms with van der Waals surface area (Å²) >= 11 is 0. The summed E-state index contributed by atoms with van der Waals surface area (Å²) in [7, 11) is 1.88. The second-order valence-electron chi connectivity index (χ2n) is 8.92. The molecule has 1 aliphatic carbocycles. The van der Waals surface area contributed by atoms with Crippen molar-refractivity contribution < 1.29 is 9.47 Å². The quantitative estimate of drug-likeness (QED) is 0.291. The summed E-state index contributed by atoms with van der Waals surface area (Å²) in [6.07, 6.45) is 10.9. The van der Waals surface area contributed by atoms with Crippen molar-refractivity contribution in [3.8, 4) is 0 Å². The summed E-state index contributed by atoms with van der Waals surface area (Å²) in [5.41, 5.74) is 0. The molecule has 0 spiro atoms. The van der Waals surface area contributed by atoms with Crippen molar-refractivity contribution in [2.24, 2.45) is 16.8 Å². The van der Waals surface area contributed by atoms with Crippen LogP contribution in [0.4, 0.5) is 0 Å². The maximum Gasteiger partial charge on any atom is 0.191 e. The molecule has 3 rings (SSSR count). The number of morpholine rings is 1. The Bertz CT molecular complexity index is 462. The lowest BCUT2D eigenvalue weighted by atomic mass is 9.85. The van der Waals surface area contributed by atoms with Crippen LogP contribution in [0.15, 0.2) is 4.99 Å². The van der Waals surface area contributed by atoms with Crippen LogP contribution in [-0.2, 0) is 9.47 Å². The predicted molar refractivity (Wildman–Crippen MR) is 130 cm³/mol. The first-order valence-corrected chi connectivity index (χ1v) is 11.6. The molecular weight excluding hydrogens is 479 g/mol. The molecule has 170 valence electrons. The fourth-order valence-electron chi connectivity index (χ4n) is 5.02. The van der Waals surface area contributed by atoms with Crippen molar-refractivity contribution in [1.29, 1.82) is 0 Å². The van der Waals surface area contributed by atoms with Crippen molar-refractivity contribution in [3.63, 3.8) is 0 Å². The highest BCUT2D eigenvalue weighted by atomic mass is 127. The fourth-order valence-corrected chi connectivity index (χ4v) is 5.02. The van der Waals surface area contributed by atoms with E-state index in [0.29, 0.717) is 18.0 Å². The van der Waals surface area contributed by atoms with Gasteiger partial charge in [0.25, 0.3) is 0 Å². The van der Waals surface area contributed by atoms with Crippen molar-refractivity contribution in [1.82, 2.24) is 15.5 Å². The lowest BCUT2D eigenvalue weighted by Gasteiger charge is -2.37. The van der Waals surface area contributed by atoms with Crippen molar-refractivity contribution >= 4 is 29.9 Å². The van der Waals surface area contributed by atoms with Gasteiger partial charge in [-0.25, -0.2) is 0 Å². The third-order valence-corrected chi connectivity index (χ3v) is 6.84. The van der Waals surface area contributed by atoms with Gasteiger partial charge >= 0.3 is 0 Å². The first-order valence-electron chi connectivity index (χ1n) is 11.6. The Kier molecular flexibility index (Phi) is 12.2. The van der Waals surface area contributed by atoms with Crippen molar-refractivity contribution in [2.75, 3.05) is 53.1 Å². The predicted octanol–water partition coefficient (Wildman–Crippen LogP) is 3.26. The first-order chi connectivity index (χ1) is 13.8. The molecule has 29 heavy (non-hydrogen) atoms. The second kappa shape index (κ2) is 14.0. The Morgan fingerprint density at radius 3 is 2.48 bits per heavy atom. The average molecular weight is 523 g/mol. The topological polar surface area (TPSA) is 58.1 Å². The molecule has 3 fully saturated rings. The van der Waals surface area contributed by atoms with Gasteiger partial charge in [-0.2, -0.15) is 0 Å². The molecule has 3 atom stereocenters. The van der Waals surface area contributed by atoms with Crippen LogP contribution in [0.5, 0.6) is 0 Å². The Morgan fingerprint density at radius 1 is 1.07 bits per heavy atom. The van der Waals surface area contributed by atoms with Crippen LogP contribution in [0.2, 0.25) is 0 Å². The zero-order chi connectivity index (χ0) is 19.6. The molecule has 3 aliphatic rings. The maximum absolute atomic E-state index is 5.68. The van der Waals surface area contributed by atoms with E-state index in [1.807, 2.05) is 7.05 Å². The van der Waals surface area contributed by atoms with Crippen LogP contribution in [0.3, 0.4) is 0 Å². The van der Waals surface area contributed by atoms with E-state index in [4.69, 9.17) is 9.47 Å². The summed E-state index contributed by atoms with van der Waals surface area (Å²) in [5, 5.41) is 7.23. The smallest absolute Gasteiger partial charge is 0.191 e. The van der Waals surface area contributed by atoms with E-state index in [1.54, 1.807) is 0 Å². The monoisotopic (exact) mass is 522 g/mol. The number of nitrogens with zero attached hydrogens (tertiary/aromatic N) is 2. The summed E-state index contributed by atoms with van der Waals surface area (Å²) < 4.78 is 11.2. The Balaban J connectivity index is 0.00000300. The molecule has 0 aromatic rings. The number of aliphatic imine (C=N–C) groups is 1. The zero-order valence-corrected chi connectivity index (χ0v) is 20.9. The standard InChI is InChI=1S/C22H42N4O2.HI/c1-18(8-9-19-6-4-3-5-7-19)25-22(23-2)24-16-21(20-10-13-28-17-20)26-11-14-27-15-12-26;/h18-21H,3-17H2,1-2H3,(H2,23,24,25);1H. The number of rotatable bonds is 8. The molecule has 6 nitrogen and oxygen atoms in total. The van der Waals surface area contributed by atoms with E-state index in [-0.39, 0.29) is 24.0 Å². The highest BCUT2D eigenvalue weighted by Crippen LogP contribution is 2.27. The third kappa shape index (κ3) is 8.50. The van der Waals surface area contributed by atoms with E-state index < -0.39 is 0 Å². The maximum atomic E-state index is 5.68. The molecule has 0 radical (unpaired) electrons. The van der Waals surface area contributed by atoms with Crippen LogP contribution in [0.25, 0.3) is 0 Å². The fraction of sp³-hybridized carbons (Fsp3) is 0.955. The number of hydrogen-bond acceptors (Lipinski definition) is 4. The van der Waals surface area contributed by atoms with Crippen molar-refractivity contribution in [3.05, 3.63) is 0 Å². The molecular formula is C22H43IN4O2. The van der Waals surface area contributed by atoms with E-state index in [9.17, 15) is 0 Å². The van der Waals surface area contributed by atoms with E-state index in [0.717, 1.165) is 64.4 Å². The number of nitrogens with one attached hydrogen (secondary N) is 2. The van der Waals surface area contributed by atoms with Crippen LogP contribution in [-0.4, -0.2) is 76.1 Å². The number of ether oxygens (including phenoxy) is 2. The Labute approximate surface area is 195 Å². The van der Waals surface area contributed by atoms with Gasteiger partial charge in [-0.15, -0.1) is 24.0 Å². The minimum atomic E-state index is 0. The van der Waals surface area contributed by atoms with Gasteiger partial charge in [-0.1, -0.05) is 32.1 Å². The Morgan fingerprint density at radius 2 is 1.83 bits per heavy atom. The number of halogens is 1. The molecule has 1 saturated carbocycles. The molecule has 0 bridgehead atoms. The summed E-state index contributed by atoms with van der Waals surface area (Å²) in [4.78, 5) is 7.07. The molecule has 2 saturated heterocycles. The average Bonchev–Trinajstić information content (AvgIpc) is 3.27. The van der Waals surface area contributed by atoms with E-state index >= 15 is 0 Å². The van der Waals surface area contributed by atoms with Gasteiger partial charge in [-0.05, 0) is 32.1 Å². The lowest BCUT2D eigenvalue weighted by molar-refractivity contribution is 0.00246. The molecule has 0 aromatic carbocycles. The molecule has 7 heteroatoms. The summed E-state index contributed by atoms with van der Waals surface area (Å²) in [5.74, 6) is 2.49. The largest absolute Gasteiger partial charge is 0.381 e. The Hall–Kier alpha value is -0.120. The van der Waals surface area contributed by atoms with Gasteiger partial charge in [0.2, 0.25) is 0 Å². The van der Waals surface area contributed by atoms with Crippen LogP contribution in [0.1, 0.15) is 58.3 Å². The van der Waals surface area contributed by atoms with E-state index in [2.05, 4.69) is 27.4 Å². The van der Waals surface area contributed by atoms with Gasteiger partial charge in [-0.3, -0.25) is 9.89 Å². The van der Waals surface area contributed by atoms with Crippen molar-refractivity contribution in [2.45, 2.75) is 70.4 Å². The highest BCUT2D eigenvalue weighted by Gasteiger charge is 2.31. The molecule has 0 amide bonds. The lowest BCUT2D eigenvalue weighted by Crippen LogP contribution is -2.54. The second-order valence-corrected chi connectivity index (χ2v) is 8.92. The van der Waals surface area contributed by atoms with Gasteiger partial charge in [0, 0.05) is 51.3 Å². The first kappa shape index (κ1) is 25.1. The minimum Gasteiger partial charge on any atom is -0.381 e. The van der Waals surface area contributed by atoms with Crippen LogP contribution in [0, 0.1) is 11.8 Å². The third-order valence-electron chi connectivity index (χ3n) is 6.84. The normalized spacial score (nSPS) is 26.6. The van der Waals surface area contributed by atoms with Crippen LogP contribution < -0.4 is 10.6 Å². The van der Waals surface area contributed by atoms with Gasteiger partial charge in [0.15, 0.2) is 5.96 Å². The van der Waals surface area contributed by atoms with Gasteiger partial charge < -0.3 is 20.1 Å². The molecule has 2 N–H and O–H groups in total. The van der Waals surface area contributed by atoms with Gasteiger partial charge in [0.1, 0.15) is 0 Å². The molecule has 2 heterocycles. The number of hydrogen-bond donors (Lipinski definition) is 2. The van der Waals surface area contributed by atoms with Crippen LogP contribution >= 0.6 is 24.0 Å². The van der Waals surface area contributed by atoms with E-state index in [1.165, 1.54) is 44.9 Å². The molecule has 3 unspecified atom stereocenters. The summed E-state index contributed by atoms with van der Waals surface area (Å²) in [6, 6.07) is 0.951. The highest BCUT2D eigenvalue weighted by molar-refractivity contribution is 14.0.